The van der Waals surface area contributed by atoms with E-state index in [4.69, 9.17) is 13.9 Å². The minimum atomic E-state index is 0.258. The van der Waals surface area contributed by atoms with Crippen LogP contribution in [0.2, 0.25) is 0 Å². The number of benzene rings is 2. The van der Waals surface area contributed by atoms with Gasteiger partial charge in [0.25, 0.3) is 0 Å². The van der Waals surface area contributed by atoms with Crippen LogP contribution >= 0.6 is 0 Å². The molecule has 132 valence electrons. The Morgan fingerprint density at radius 2 is 1.64 bits per heavy atom. The molecule has 0 saturated heterocycles. The zero-order chi connectivity index (χ0) is 17.8. The van der Waals surface area contributed by atoms with Crippen LogP contribution in [-0.2, 0) is 6.42 Å². The first-order valence-electron chi connectivity index (χ1n) is 8.63. The molecule has 1 heterocycles. The minimum absolute atomic E-state index is 0.258. The third-order valence-electron chi connectivity index (χ3n) is 4.38. The Balaban J connectivity index is 1.99. The second kappa shape index (κ2) is 7.51. The van der Waals surface area contributed by atoms with Gasteiger partial charge in [-0.3, -0.25) is 0 Å². The highest BCUT2D eigenvalue weighted by Gasteiger charge is 2.13. The number of hydrogen-bond donors (Lipinski definition) is 1. The lowest BCUT2D eigenvalue weighted by molar-refractivity contribution is 0.394. The zero-order valence-electron chi connectivity index (χ0n) is 15.0. The Kier molecular flexibility index (Phi) is 5.17. The number of unbranched alkanes of at least 4 members (excludes halogenated alkanes) is 2. The van der Waals surface area contributed by atoms with Crippen molar-refractivity contribution in [2.24, 2.45) is 0 Å². The van der Waals surface area contributed by atoms with Crippen molar-refractivity contribution in [2.75, 3.05) is 14.2 Å². The highest BCUT2D eigenvalue weighted by atomic mass is 16.5. The van der Waals surface area contributed by atoms with Crippen molar-refractivity contribution in [1.29, 1.82) is 0 Å². The molecule has 3 aromatic rings. The lowest BCUT2D eigenvalue weighted by Gasteiger charge is -2.06. The predicted molar refractivity (Wildman–Crippen MR) is 99.6 cm³/mol. The number of phenols is 1. The van der Waals surface area contributed by atoms with Gasteiger partial charge in [0.1, 0.15) is 28.6 Å². The third-order valence-corrected chi connectivity index (χ3v) is 4.38. The molecular formula is C21H24O4. The second-order valence-electron chi connectivity index (χ2n) is 6.20. The Hall–Kier alpha value is -2.62. The number of aryl methyl sites for hydroxylation is 1. The van der Waals surface area contributed by atoms with E-state index >= 15 is 0 Å². The molecule has 0 fully saturated rings. The van der Waals surface area contributed by atoms with Crippen LogP contribution in [0.1, 0.15) is 31.7 Å². The maximum atomic E-state index is 10.4. The predicted octanol–water partition coefficient (Wildman–Crippen LogP) is 5.56. The molecule has 0 aliphatic heterocycles. The van der Waals surface area contributed by atoms with Crippen LogP contribution < -0.4 is 9.47 Å². The SMILES string of the molecule is CCCCCc1cc(O)c2cc(-c3cc(OC)cc(OC)c3)oc2c1. The molecule has 0 aliphatic carbocycles. The first kappa shape index (κ1) is 17.2. The van der Waals surface area contributed by atoms with E-state index in [1.54, 1.807) is 14.2 Å². The molecule has 0 bridgehead atoms. The summed E-state index contributed by atoms with van der Waals surface area (Å²) in [6, 6.07) is 11.3. The summed E-state index contributed by atoms with van der Waals surface area (Å²) >= 11 is 0. The van der Waals surface area contributed by atoms with E-state index in [-0.39, 0.29) is 5.75 Å². The van der Waals surface area contributed by atoms with Crippen molar-refractivity contribution in [2.45, 2.75) is 32.6 Å². The summed E-state index contributed by atoms with van der Waals surface area (Å²) in [7, 11) is 3.23. The molecule has 0 radical (unpaired) electrons. The van der Waals surface area contributed by atoms with Crippen LogP contribution in [0.5, 0.6) is 17.2 Å². The van der Waals surface area contributed by atoms with Gasteiger partial charge in [0.15, 0.2) is 0 Å². The van der Waals surface area contributed by atoms with Gasteiger partial charge in [-0.05, 0) is 48.7 Å². The lowest BCUT2D eigenvalue weighted by atomic mass is 10.0. The fraction of sp³-hybridized carbons (Fsp3) is 0.333. The van der Waals surface area contributed by atoms with Crippen molar-refractivity contribution < 1.29 is 19.0 Å². The molecule has 0 saturated carbocycles. The minimum Gasteiger partial charge on any atom is -0.507 e. The molecule has 1 aromatic heterocycles. The average Bonchev–Trinajstić information content (AvgIpc) is 3.06. The van der Waals surface area contributed by atoms with Crippen LogP contribution in [0.4, 0.5) is 0 Å². The number of furan rings is 1. The largest absolute Gasteiger partial charge is 0.507 e. The summed E-state index contributed by atoms with van der Waals surface area (Å²) in [6.45, 7) is 2.18. The molecule has 25 heavy (non-hydrogen) atoms. The van der Waals surface area contributed by atoms with Gasteiger partial charge in [0, 0.05) is 11.6 Å². The molecule has 2 aromatic carbocycles. The number of phenolic OH excluding ortho intramolecular Hbond substituents is 1. The molecule has 0 spiro atoms. The molecule has 0 amide bonds. The summed E-state index contributed by atoms with van der Waals surface area (Å²) in [5, 5.41) is 11.1. The van der Waals surface area contributed by atoms with Crippen LogP contribution in [0.3, 0.4) is 0 Å². The Bertz CT molecular complexity index is 841. The van der Waals surface area contributed by atoms with E-state index in [2.05, 4.69) is 6.92 Å². The summed E-state index contributed by atoms with van der Waals surface area (Å²) in [5.74, 6) is 2.32. The molecule has 4 nitrogen and oxygen atoms in total. The smallest absolute Gasteiger partial charge is 0.138 e. The molecule has 0 atom stereocenters. The van der Waals surface area contributed by atoms with Crippen molar-refractivity contribution in [1.82, 2.24) is 0 Å². The number of rotatable bonds is 7. The highest BCUT2D eigenvalue weighted by molar-refractivity contribution is 5.89. The Labute approximate surface area is 148 Å². The number of aromatic hydroxyl groups is 1. The van der Waals surface area contributed by atoms with E-state index in [0.29, 0.717) is 22.8 Å². The molecule has 0 aliphatic rings. The van der Waals surface area contributed by atoms with Gasteiger partial charge < -0.3 is 19.0 Å². The first-order chi connectivity index (χ1) is 12.1. The van der Waals surface area contributed by atoms with E-state index in [9.17, 15) is 5.11 Å². The molecular weight excluding hydrogens is 316 g/mol. The van der Waals surface area contributed by atoms with Crippen LogP contribution in [0.15, 0.2) is 40.8 Å². The average molecular weight is 340 g/mol. The lowest BCUT2D eigenvalue weighted by Crippen LogP contribution is -1.88. The quantitative estimate of drug-likeness (QED) is 0.572. The molecule has 3 rings (SSSR count). The van der Waals surface area contributed by atoms with Crippen LogP contribution in [-0.4, -0.2) is 19.3 Å². The number of hydrogen-bond acceptors (Lipinski definition) is 4. The van der Waals surface area contributed by atoms with E-state index < -0.39 is 0 Å². The van der Waals surface area contributed by atoms with Gasteiger partial charge in [0.2, 0.25) is 0 Å². The van der Waals surface area contributed by atoms with Crippen LogP contribution in [0.25, 0.3) is 22.3 Å². The first-order valence-corrected chi connectivity index (χ1v) is 8.63. The topological polar surface area (TPSA) is 51.8 Å². The number of fused-ring (bicyclic) bond motifs is 1. The van der Waals surface area contributed by atoms with E-state index in [0.717, 1.165) is 29.4 Å². The van der Waals surface area contributed by atoms with Gasteiger partial charge in [-0.15, -0.1) is 0 Å². The second-order valence-corrected chi connectivity index (χ2v) is 6.20. The zero-order valence-corrected chi connectivity index (χ0v) is 15.0. The normalized spacial score (nSPS) is 11.0. The van der Waals surface area contributed by atoms with Crippen molar-refractivity contribution >= 4 is 11.0 Å². The van der Waals surface area contributed by atoms with Gasteiger partial charge in [-0.25, -0.2) is 0 Å². The van der Waals surface area contributed by atoms with Gasteiger partial charge in [-0.2, -0.15) is 0 Å². The summed E-state index contributed by atoms with van der Waals surface area (Å²) in [5.41, 5.74) is 2.64. The Morgan fingerprint density at radius 3 is 2.28 bits per heavy atom. The van der Waals surface area contributed by atoms with Gasteiger partial charge in [-0.1, -0.05) is 19.8 Å². The monoisotopic (exact) mass is 340 g/mol. The number of methoxy groups -OCH3 is 2. The van der Waals surface area contributed by atoms with Crippen molar-refractivity contribution in [3.05, 3.63) is 42.0 Å². The third kappa shape index (κ3) is 3.73. The van der Waals surface area contributed by atoms with Gasteiger partial charge >= 0.3 is 0 Å². The fourth-order valence-electron chi connectivity index (χ4n) is 2.99. The fourth-order valence-corrected chi connectivity index (χ4v) is 2.99. The van der Waals surface area contributed by atoms with E-state index in [1.165, 1.54) is 12.8 Å². The Morgan fingerprint density at radius 1 is 0.920 bits per heavy atom. The van der Waals surface area contributed by atoms with Crippen molar-refractivity contribution in [3.63, 3.8) is 0 Å². The number of ether oxygens (including phenoxy) is 2. The molecule has 1 N–H and O–H groups in total. The maximum Gasteiger partial charge on any atom is 0.138 e. The maximum absolute atomic E-state index is 10.4. The van der Waals surface area contributed by atoms with E-state index in [1.807, 2.05) is 36.4 Å². The molecule has 4 heteroatoms. The van der Waals surface area contributed by atoms with Crippen molar-refractivity contribution in [3.8, 4) is 28.6 Å². The van der Waals surface area contributed by atoms with Gasteiger partial charge in [0.05, 0.1) is 19.6 Å². The summed E-state index contributed by atoms with van der Waals surface area (Å²) < 4.78 is 16.6. The summed E-state index contributed by atoms with van der Waals surface area (Å²) in [6.07, 6.45) is 4.42. The van der Waals surface area contributed by atoms with Crippen LogP contribution in [0, 0.1) is 0 Å². The standard InChI is InChI=1S/C21H24O4/c1-4-5-6-7-14-8-19(22)18-13-20(25-21(18)9-14)15-10-16(23-2)12-17(11-15)24-3/h8-13,22H,4-7H2,1-3H3. The molecule has 0 unspecified atom stereocenters. The highest BCUT2D eigenvalue weighted by Crippen LogP contribution is 2.37. The summed E-state index contributed by atoms with van der Waals surface area (Å²) in [4.78, 5) is 0.